The number of hydrogen-bond acceptors (Lipinski definition) is 5. The third kappa shape index (κ3) is 6.52. The maximum absolute atomic E-state index is 12.4. The average Bonchev–Trinajstić information content (AvgIpc) is 2.54. The molecular weight excluding hydrogens is 346 g/mol. The van der Waals surface area contributed by atoms with Crippen molar-refractivity contribution in [3.8, 4) is 0 Å². The topological polar surface area (TPSA) is 58.9 Å². The molecule has 1 aliphatic carbocycles. The second kappa shape index (κ2) is 11.6. The normalized spacial score (nSPS) is 21.8. The number of unbranched alkanes of at least 4 members (excludes halogenated alkanes) is 1. The van der Waals surface area contributed by atoms with Crippen LogP contribution in [0, 0.1) is 5.92 Å². The van der Waals surface area contributed by atoms with Gasteiger partial charge in [-0.3, -0.25) is 4.79 Å². The number of Topliss-reactive ketones (excluding diaryl/α,β-unsaturated/α-hetero) is 1. The van der Waals surface area contributed by atoms with Crippen molar-refractivity contribution in [2.75, 3.05) is 12.4 Å². The molecule has 0 radical (unpaired) electrons. The number of oxime groups is 1. The summed E-state index contributed by atoms with van der Waals surface area (Å²) in [5, 5.41) is 15.1. The van der Waals surface area contributed by atoms with Crippen LogP contribution in [0.5, 0.6) is 0 Å². The number of halogens is 1. The molecule has 0 spiro atoms. The molecule has 0 aromatic carbocycles. The molecule has 24 heavy (non-hydrogen) atoms. The minimum absolute atomic E-state index is 0.0215. The maximum atomic E-state index is 12.4. The van der Waals surface area contributed by atoms with Gasteiger partial charge in [-0.05, 0) is 31.1 Å². The summed E-state index contributed by atoms with van der Waals surface area (Å²) in [6.45, 7) is 6.56. The van der Waals surface area contributed by atoms with Gasteiger partial charge in [-0.15, -0.1) is 0 Å². The lowest BCUT2D eigenvalue weighted by atomic mass is 9.81. The van der Waals surface area contributed by atoms with Crippen LogP contribution < -0.4 is 0 Å². The Morgan fingerprint density at radius 3 is 2.88 bits per heavy atom. The number of carbonyl (C=O) groups excluding carboxylic acids is 1. The van der Waals surface area contributed by atoms with Crippen LogP contribution in [0.25, 0.3) is 0 Å². The van der Waals surface area contributed by atoms with E-state index in [1.54, 1.807) is 6.08 Å². The Balaban J connectivity index is 3.00. The largest absolute Gasteiger partial charge is 0.505 e. The van der Waals surface area contributed by atoms with Gasteiger partial charge in [-0.1, -0.05) is 43.9 Å². The predicted molar refractivity (Wildman–Crippen MR) is 103 cm³/mol. The Morgan fingerprint density at radius 2 is 2.25 bits per heavy atom. The summed E-state index contributed by atoms with van der Waals surface area (Å²) in [5.41, 5.74) is 2.37. The fourth-order valence-corrected chi connectivity index (χ4v) is 3.80. The molecule has 6 heteroatoms. The van der Waals surface area contributed by atoms with Crippen molar-refractivity contribution < 1.29 is 14.7 Å². The summed E-state index contributed by atoms with van der Waals surface area (Å²) >= 11 is 7.31. The molecule has 1 rings (SSSR count). The highest BCUT2D eigenvalue weighted by Crippen LogP contribution is 2.32. The van der Waals surface area contributed by atoms with Crippen LogP contribution in [-0.4, -0.2) is 34.2 Å². The molecule has 0 fully saturated rings. The fraction of sp³-hybridized carbons (Fsp3) is 0.667. The molecule has 136 valence electrons. The van der Waals surface area contributed by atoms with Gasteiger partial charge in [-0.25, -0.2) is 0 Å². The number of nitrogens with zero attached hydrogens (tertiary/aromatic N) is 1. The van der Waals surface area contributed by atoms with Gasteiger partial charge in [0, 0.05) is 28.7 Å². The minimum atomic E-state index is -0.100. The molecule has 0 aliphatic heterocycles. The zero-order valence-corrected chi connectivity index (χ0v) is 16.3. The Bertz CT molecular complexity index is 502. The number of allylic oxidation sites excluding steroid dienone is 2. The van der Waals surface area contributed by atoms with Gasteiger partial charge in [0.1, 0.15) is 18.1 Å². The summed E-state index contributed by atoms with van der Waals surface area (Å²) < 4.78 is 0. The highest BCUT2D eigenvalue weighted by atomic mass is 35.5. The van der Waals surface area contributed by atoms with Crippen molar-refractivity contribution in [2.24, 2.45) is 11.1 Å². The second-order valence-corrected chi connectivity index (χ2v) is 7.86. The third-order valence-electron chi connectivity index (χ3n) is 3.95. The molecule has 0 saturated heterocycles. The average molecular weight is 374 g/mol. The van der Waals surface area contributed by atoms with Crippen molar-refractivity contribution in [3.05, 3.63) is 22.9 Å². The monoisotopic (exact) mass is 373 g/mol. The molecule has 0 saturated carbocycles. The molecule has 0 bridgehead atoms. The minimum Gasteiger partial charge on any atom is -0.505 e. The molecule has 1 aliphatic rings. The van der Waals surface area contributed by atoms with Crippen molar-refractivity contribution in [3.63, 3.8) is 0 Å². The summed E-state index contributed by atoms with van der Waals surface area (Å²) in [5.74, 6) is 0.985. The van der Waals surface area contributed by atoms with E-state index >= 15 is 0 Å². The molecular formula is C18H28ClNO3S. The quantitative estimate of drug-likeness (QED) is 0.420. The Hall–Kier alpha value is -0.940. The van der Waals surface area contributed by atoms with Crippen LogP contribution in [0.3, 0.4) is 0 Å². The number of hydrogen-bond donors (Lipinski definition) is 1. The summed E-state index contributed by atoms with van der Waals surface area (Å²) in [7, 11) is 0. The van der Waals surface area contributed by atoms with Crippen LogP contribution in [0.4, 0.5) is 0 Å². The van der Waals surface area contributed by atoms with E-state index in [1.165, 1.54) is 5.54 Å². The first-order valence-corrected chi connectivity index (χ1v) is 10.1. The van der Waals surface area contributed by atoms with Gasteiger partial charge >= 0.3 is 0 Å². The molecule has 0 amide bonds. The number of aliphatic hydroxyl groups excluding tert-OH is 1. The van der Waals surface area contributed by atoms with Gasteiger partial charge in [0.2, 0.25) is 0 Å². The van der Waals surface area contributed by atoms with Crippen LogP contribution in [0.2, 0.25) is 0 Å². The van der Waals surface area contributed by atoms with Crippen LogP contribution in [0.1, 0.15) is 52.9 Å². The first-order chi connectivity index (χ1) is 11.5. The number of rotatable bonds is 10. The van der Waals surface area contributed by atoms with Crippen molar-refractivity contribution in [1.29, 1.82) is 0 Å². The number of aliphatic hydroxyl groups is 1. The highest BCUT2D eigenvalue weighted by Gasteiger charge is 2.34. The van der Waals surface area contributed by atoms with Gasteiger partial charge in [-0.2, -0.15) is 11.8 Å². The van der Waals surface area contributed by atoms with E-state index in [2.05, 4.69) is 25.9 Å². The van der Waals surface area contributed by atoms with Gasteiger partial charge in [0.15, 0.2) is 5.78 Å². The molecule has 0 aromatic rings. The Morgan fingerprint density at radius 1 is 1.50 bits per heavy atom. The molecule has 0 heterocycles. The van der Waals surface area contributed by atoms with E-state index < -0.39 is 0 Å². The molecule has 2 atom stereocenters. The summed E-state index contributed by atoms with van der Waals surface area (Å²) in [4.78, 5) is 17.7. The van der Waals surface area contributed by atoms with Gasteiger partial charge < -0.3 is 9.94 Å². The lowest BCUT2D eigenvalue weighted by molar-refractivity contribution is -0.116. The van der Waals surface area contributed by atoms with Crippen LogP contribution in [-0.2, 0) is 9.63 Å². The zero-order valence-electron chi connectivity index (χ0n) is 14.8. The van der Waals surface area contributed by atoms with Gasteiger partial charge in [0.05, 0.1) is 0 Å². The number of ketones is 1. The predicted octanol–water partition coefficient (Wildman–Crippen LogP) is 5.23. The SMILES string of the molecule is CCCCC1=C(O)C(=NOCC=CCl)C(CC(C)SCC)CC1=O. The van der Waals surface area contributed by atoms with Crippen molar-refractivity contribution in [2.45, 2.75) is 58.1 Å². The number of thioether (sulfide) groups is 1. The van der Waals surface area contributed by atoms with E-state index in [4.69, 9.17) is 16.4 Å². The third-order valence-corrected chi connectivity index (χ3v) is 5.23. The molecule has 1 N–H and O–H groups in total. The first kappa shape index (κ1) is 21.1. The standard InChI is InChI=1S/C18H28ClNO3S/c1-4-6-8-15-16(21)12-14(11-13(3)24-5-2)17(18(15)22)20-23-10-7-9-19/h7,9,13-14,22H,4-6,8,10-12H2,1-3H3. The summed E-state index contributed by atoms with van der Waals surface area (Å²) in [6.07, 6.45) is 5.26. The smallest absolute Gasteiger partial charge is 0.163 e. The van der Waals surface area contributed by atoms with Crippen molar-refractivity contribution in [1.82, 2.24) is 0 Å². The second-order valence-electron chi connectivity index (χ2n) is 5.89. The molecule has 0 aromatic heterocycles. The van der Waals surface area contributed by atoms with Gasteiger partial charge in [0.25, 0.3) is 0 Å². The number of carbonyl (C=O) groups is 1. The lowest BCUT2D eigenvalue weighted by Gasteiger charge is -2.26. The van der Waals surface area contributed by atoms with Crippen molar-refractivity contribution >= 4 is 34.9 Å². The van der Waals surface area contributed by atoms with Crippen LogP contribution >= 0.6 is 23.4 Å². The highest BCUT2D eigenvalue weighted by molar-refractivity contribution is 7.99. The first-order valence-electron chi connectivity index (χ1n) is 8.57. The van der Waals surface area contributed by atoms with E-state index in [0.717, 1.165) is 25.0 Å². The molecule has 4 nitrogen and oxygen atoms in total. The lowest BCUT2D eigenvalue weighted by Crippen LogP contribution is -2.31. The van der Waals surface area contributed by atoms with E-state index in [-0.39, 0.29) is 24.1 Å². The fourth-order valence-electron chi connectivity index (χ4n) is 2.79. The Labute approximate surface area is 154 Å². The Kier molecular flexibility index (Phi) is 10.2. The summed E-state index contributed by atoms with van der Waals surface area (Å²) in [6, 6.07) is 0. The van der Waals surface area contributed by atoms with E-state index in [1.807, 2.05) is 11.8 Å². The van der Waals surface area contributed by atoms with E-state index in [9.17, 15) is 9.90 Å². The zero-order chi connectivity index (χ0) is 17.9. The van der Waals surface area contributed by atoms with E-state index in [0.29, 0.717) is 29.4 Å². The van der Waals surface area contributed by atoms with Crippen LogP contribution in [0.15, 0.2) is 28.1 Å². The maximum Gasteiger partial charge on any atom is 0.163 e. The molecule has 2 unspecified atom stereocenters.